The lowest BCUT2D eigenvalue weighted by molar-refractivity contribution is -0.117. The number of pyridine rings is 1. The number of amides is 1. The number of aryl methyl sites for hydroxylation is 1. The summed E-state index contributed by atoms with van der Waals surface area (Å²) in [5.74, 6) is 1.39. The van der Waals surface area contributed by atoms with E-state index in [4.69, 9.17) is 0 Å². The first kappa shape index (κ1) is 16.6. The SMILES string of the molecule is Cc1ccc(Nc2n[nH]c3cc(NC(=O)CC4CCCC4)ccc23)cn1. The summed E-state index contributed by atoms with van der Waals surface area (Å²) in [5.41, 5.74) is 3.54. The molecule has 0 unspecified atom stereocenters. The molecule has 6 heteroatoms. The van der Waals surface area contributed by atoms with Gasteiger partial charge in [0.05, 0.1) is 17.4 Å². The molecule has 1 saturated carbocycles. The van der Waals surface area contributed by atoms with Gasteiger partial charge in [-0.25, -0.2) is 0 Å². The number of carbonyl (C=O) groups is 1. The van der Waals surface area contributed by atoms with Crippen molar-refractivity contribution in [3.05, 3.63) is 42.2 Å². The lowest BCUT2D eigenvalue weighted by Crippen LogP contribution is -2.15. The van der Waals surface area contributed by atoms with E-state index in [0.29, 0.717) is 12.3 Å². The van der Waals surface area contributed by atoms with E-state index < -0.39 is 0 Å². The van der Waals surface area contributed by atoms with E-state index in [9.17, 15) is 4.79 Å². The van der Waals surface area contributed by atoms with Crippen LogP contribution in [0.3, 0.4) is 0 Å². The topological polar surface area (TPSA) is 82.7 Å². The van der Waals surface area contributed by atoms with Gasteiger partial charge in [0, 0.05) is 23.2 Å². The lowest BCUT2D eigenvalue weighted by Gasteiger charge is -2.09. The third kappa shape index (κ3) is 3.69. The van der Waals surface area contributed by atoms with Crippen LogP contribution in [0.5, 0.6) is 0 Å². The predicted octanol–water partition coefficient (Wildman–Crippen LogP) is 4.53. The molecule has 0 atom stereocenters. The van der Waals surface area contributed by atoms with Crippen molar-refractivity contribution in [2.45, 2.75) is 39.0 Å². The van der Waals surface area contributed by atoms with E-state index in [-0.39, 0.29) is 5.91 Å². The van der Waals surface area contributed by atoms with E-state index in [1.165, 1.54) is 25.7 Å². The Morgan fingerprint density at radius 3 is 2.77 bits per heavy atom. The highest BCUT2D eigenvalue weighted by Gasteiger charge is 2.18. The van der Waals surface area contributed by atoms with Gasteiger partial charge in [0.25, 0.3) is 0 Å². The molecule has 1 amide bonds. The first-order valence-electron chi connectivity index (χ1n) is 9.15. The first-order valence-corrected chi connectivity index (χ1v) is 9.15. The zero-order valence-electron chi connectivity index (χ0n) is 14.9. The average molecular weight is 349 g/mol. The minimum absolute atomic E-state index is 0.0971. The van der Waals surface area contributed by atoms with Crippen LogP contribution in [0.15, 0.2) is 36.5 Å². The van der Waals surface area contributed by atoms with Gasteiger partial charge in [0.15, 0.2) is 5.82 Å². The number of nitrogens with zero attached hydrogens (tertiary/aromatic N) is 2. The van der Waals surface area contributed by atoms with Gasteiger partial charge in [-0.05, 0) is 56.0 Å². The van der Waals surface area contributed by atoms with Gasteiger partial charge >= 0.3 is 0 Å². The van der Waals surface area contributed by atoms with E-state index in [1.54, 1.807) is 6.20 Å². The maximum Gasteiger partial charge on any atom is 0.224 e. The van der Waals surface area contributed by atoms with E-state index in [0.717, 1.165) is 33.8 Å². The Hall–Kier alpha value is -2.89. The molecule has 1 aromatic carbocycles. The molecule has 2 aromatic heterocycles. The summed E-state index contributed by atoms with van der Waals surface area (Å²) >= 11 is 0. The first-order chi connectivity index (χ1) is 12.7. The fourth-order valence-electron chi connectivity index (χ4n) is 3.56. The number of aromatic amines is 1. The van der Waals surface area contributed by atoms with Crippen molar-refractivity contribution in [1.82, 2.24) is 15.2 Å². The Bertz CT molecular complexity index is 910. The molecule has 6 nitrogen and oxygen atoms in total. The van der Waals surface area contributed by atoms with E-state index in [2.05, 4.69) is 25.8 Å². The minimum Gasteiger partial charge on any atom is -0.337 e. The summed E-state index contributed by atoms with van der Waals surface area (Å²) in [6.45, 7) is 1.95. The highest BCUT2D eigenvalue weighted by Crippen LogP contribution is 2.29. The fraction of sp³-hybridized carbons (Fsp3) is 0.350. The standard InChI is InChI=1S/C20H23N5O/c1-13-6-7-16(12-21-13)23-20-17-9-8-15(11-18(17)24-25-20)22-19(26)10-14-4-2-3-5-14/h6-9,11-12,14H,2-5,10H2,1H3,(H,22,26)(H2,23,24,25). The number of hydrogen-bond acceptors (Lipinski definition) is 4. The summed E-state index contributed by atoms with van der Waals surface area (Å²) in [6, 6.07) is 9.74. The van der Waals surface area contributed by atoms with Crippen LogP contribution in [0.4, 0.5) is 17.2 Å². The van der Waals surface area contributed by atoms with Crippen LogP contribution in [-0.4, -0.2) is 21.1 Å². The second-order valence-corrected chi connectivity index (χ2v) is 7.05. The van der Waals surface area contributed by atoms with Crippen molar-refractivity contribution in [3.8, 4) is 0 Å². The molecule has 1 aliphatic rings. The van der Waals surface area contributed by atoms with Gasteiger partial charge < -0.3 is 10.6 Å². The number of carbonyl (C=O) groups excluding carboxylic acids is 1. The van der Waals surface area contributed by atoms with Gasteiger partial charge in [-0.2, -0.15) is 5.10 Å². The van der Waals surface area contributed by atoms with Gasteiger partial charge in [0.2, 0.25) is 5.91 Å². The molecule has 134 valence electrons. The van der Waals surface area contributed by atoms with Crippen LogP contribution in [0.25, 0.3) is 10.9 Å². The second kappa shape index (κ2) is 7.15. The molecule has 2 heterocycles. The smallest absolute Gasteiger partial charge is 0.224 e. The van der Waals surface area contributed by atoms with Crippen LogP contribution in [0.2, 0.25) is 0 Å². The summed E-state index contributed by atoms with van der Waals surface area (Å²) in [4.78, 5) is 16.5. The second-order valence-electron chi connectivity index (χ2n) is 7.05. The molecule has 4 rings (SSSR count). The largest absolute Gasteiger partial charge is 0.337 e. The highest BCUT2D eigenvalue weighted by molar-refractivity contribution is 5.97. The predicted molar refractivity (Wildman–Crippen MR) is 104 cm³/mol. The zero-order chi connectivity index (χ0) is 17.9. The number of anilines is 3. The Labute approximate surface area is 152 Å². The third-order valence-corrected chi connectivity index (χ3v) is 4.97. The molecule has 1 fully saturated rings. The van der Waals surface area contributed by atoms with E-state index in [1.807, 2.05) is 37.3 Å². The minimum atomic E-state index is 0.0971. The summed E-state index contributed by atoms with van der Waals surface area (Å²) in [7, 11) is 0. The van der Waals surface area contributed by atoms with Crippen LogP contribution >= 0.6 is 0 Å². The molecule has 0 aliphatic heterocycles. The summed E-state index contributed by atoms with van der Waals surface area (Å²) < 4.78 is 0. The molecule has 1 aliphatic carbocycles. The van der Waals surface area contributed by atoms with Crippen LogP contribution in [0.1, 0.15) is 37.8 Å². The van der Waals surface area contributed by atoms with Crippen LogP contribution in [0, 0.1) is 12.8 Å². The molecular weight excluding hydrogens is 326 g/mol. The van der Waals surface area contributed by atoms with Crippen LogP contribution < -0.4 is 10.6 Å². The Kier molecular flexibility index (Phi) is 4.56. The zero-order valence-corrected chi connectivity index (χ0v) is 14.9. The number of nitrogens with one attached hydrogen (secondary N) is 3. The number of rotatable bonds is 5. The van der Waals surface area contributed by atoms with Gasteiger partial charge in [-0.15, -0.1) is 0 Å². The van der Waals surface area contributed by atoms with E-state index >= 15 is 0 Å². The third-order valence-electron chi connectivity index (χ3n) is 4.97. The van der Waals surface area contributed by atoms with Gasteiger partial charge in [-0.1, -0.05) is 12.8 Å². The summed E-state index contributed by atoms with van der Waals surface area (Å²) in [6.07, 6.45) is 7.27. The monoisotopic (exact) mass is 349 g/mol. The molecule has 0 radical (unpaired) electrons. The maximum atomic E-state index is 12.2. The molecule has 0 bridgehead atoms. The van der Waals surface area contributed by atoms with Crippen molar-refractivity contribution in [3.63, 3.8) is 0 Å². The van der Waals surface area contributed by atoms with Crippen molar-refractivity contribution in [1.29, 1.82) is 0 Å². The Balaban J connectivity index is 1.46. The number of fused-ring (bicyclic) bond motifs is 1. The molecule has 0 spiro atoms. The highest BCUT2D eigenvalue weighted by atomic mass is 16.1. The maximum absolute atomic E-state index is 12.2. The van der Waals surface area contributed by atoms with Crippen molar-refractivity contribution in [2.75, 3.05) is 10.6 Å². The number of benzene rings is 1. The Morgan fingerprint density at radius 1 is 1.19 bits per heavy atom. The summed E-state index contributed by atoms with van der Waals surface area (Å²) in [5, 5.41) is 14.6. The normalized spacial score (nSPS) is 14.7. The van der Waals surface area contributed by atoms with Crippen molar-refractivity contribution in [2.24, 2.45) is 5.92 Å². The van der Waals surface area contributed by atoms with Crippen molar-refractivity contribution >= 4 is 34.0 Å². The Morgan fingerprint density at radius 2 is 2.00 bits per heavy atom. The average Bonchev–Trinajstić information content (AvgIpc) is 3.27. The molecule has 0 saturated heterocycles. The molecule has 3 N–H and O–H groups in total. The molecule has 26 heavy (non-hydrogen) atoms. The quantitative estimate of drug-likeness (QED) is 0.632. The van der Waals surface area contributed by atoms with Crippen LogP contribution in [-0.2, 0) is 4.79 Å². The fourth-order valence-corrected chi connectivity index (χ4v) is 3.56. The lowest BCUT2D eigenvalue weighted by atomic mass is 10.0. The molecular formula is C20H23N5O. The number of hydrogen-bond donors (Lipinski definition) is 3. The van der Waals surface area contributed by atoms with Crippen molar-refractivity contribution < 1.29 is 4.79 Å². The number of H-pyrrole nitrogens is 1. The van der Waals surface area contributed by atoms with Gasteiger partial charge in [0.1, 0.15) is 0 Å². The molecule has 3 aromatic rings. The van der Waals surface area contributed by atoms with Gasteiger partial charge in [-0.3, -0.25) is 14.9 Å². The number of aromatic nitrogens is 3.